The van der Waals surface area contributed by atoms with Crippen LogP contribution < -0.4 is 10.2 Å². The Bertz CT molecular complexity index is 1250. The molecule has 162 valence electrons. The van der Waals surface area contributed by atoms with E-state index in [4.69, 9.17) is 4.74 Å². The Morgan fingerprint density at radius 1 is 1.12 bits per heavy atom. The lowest BCUT2D eigenvalue weighted by Crippen LogP contribution is -2.36. The van der Waals surface area contributed by atoms with Gasteiger partial charge >= 0.3 is 0 Å². The van der Waals surface area contributed by atoms with Gasteiger partial charge in [-0.05, 0) is 35.9 Å². The highest BCUT2D eigenvalue weighted by atomic mass is 19.1. The van der Waals surface area contributed by atoms with E-state index in [2.05, 4.69) is 31.8 Å². The lowest BCUT2D eigenvalue weighted by Gasteiger charge is -2.29. The maximum Gasteiger partial charge on any atom is 0.132 e. The van der Waals surface area contributed by atoms with Crippen LogP contribution in [-0.2, 0) is 4.74 Å². The third-order valence-electron chi connectivity index (χ3n) is 6.01. The molecule has 0 bridgehead atoms. The molecule has 2 aromatic carbocycles. The topological polar surface area (TPSA) is 62.6 Å². The average molecular weight is 429 g/mol. The number of nitrogens with zero attached hydrogens (tertiary/aromatic N) is 4. The number of benzene rings is 2. The predicted molar refractivity (Wildman–Crippen MR) is 125 cm³/mol. The number of ether oxygens (including phenoxy) is 1. The van der Waals surface area contributed by atoms with Crippen molar-refractivity contribution in [3.63, 3.8) is 0 Å². The molecule has 1 fully saturated rings. The van der Waals surface area contributed by atoms with Gasteiger partial charge in [0.25, 0.3) is 0 Å². The first-order valence-electron chi connectivity index (χ1n) is 10.7. The second-order valence-corrected chi connectivity index (χ2v) is 7.94. The zero-order valence-corrected chi connectivity index (χ0v) is 17.9. The van der Waals surface area contributed by atoms with Crippen molar-refractivity contribution in [2.75, 3.05) is 31.2 Å². The first-order chi connectivity index (χ1) is 15.6. The monoisotopic (exact) mass is 429 g/mol. The first-order valence-corrected chi connectivity index (χ1v) is 10.7. The zero-order valence-electron chi connectivity index (χ0n) is 17.9. The van der Waals surface area contributed by atoms with Gasteiger partial charge in [-0.3, -0.25) is 4.99 Å². The molecule has 0 spiro atoms. The van der Waals surface area contributed by atoms with Gasteiger partial charge in [0.15, 0.2) is 0 Å². The van der Waals surface area contributed by atoms with E-state index >= 15 is 0 Å². The number of halogens is 1. The van der Waals surface area contributed by atoms with Crippen LogP contribution in [0.15, 0.2) is 72.4 Å². The second kappa shape index (κ2) is 8.51. The molecule has 6 nitrogen and oxygen atoms in total. The number of morpholine rings is 1. The number of hydrogen-bond donors (Lipinski definition) is 1. The molecule has 5 rings (SSSR count). The molecule has 0 aliphatic carbocycles. The summed E-state index contributed by atoms with van der Waals surface area (Å²) in [4.78, 5) is 15.6. The van der Waals surface area contributed by atoms with Crippen LogP contribution in [0.25, 0.3) is 22.2 Å². The molecule has 1 N–H and O–H groups in total. The Kier molecular flexibility index (Phi) is 5.41. The van der Waals surface area contributed by atoms with Crippen LogP contribution in [0.1, 0.15) is 18.4 Å². The highest BCUT2D eigenvalue weighted by Gasteiger charge is 2.20. The third-order valence-corrected chi connectivity index (χ3v) is 6.01. The molecular weight excluding hydrogens is 405 g/mol. The van der Waals surface area contributed by atoms with E-state index in [0.717, 1.165) is 46.7 Å². The van der Waals surface area contributed by atoms with Crippen LogP contribution in [0, 0.1) is 5.82 Å². The van der Waals surface area contributed by atoms with Crippen LogP contribution in [0.4, 0.5) is 10.1 Å². The lowest BCUT2D eigenvalue weighted by molar-refractivity contribution is 0.122. The number of aliphatic imine (C=N–C) groups is 1. The van der Waals surface area contributed by atoms with Crippen molar-refractivity contribution in [3.05, 3.63) is 78.8 Å². The van der Waals surface area contributed by atoms with Gasteiger partial charge in [0.2, 0.25) is 0 Å². The molecule has 2 aliphatic rings. The summed E-state index contributed by atoms with van der Waals surface area (Å²) in [5.74, 6) is -0.374. The molecule has 3 heterocycles. The van der Waals surface area contributed by atoms with Crippen molar-refractivity contribution in [2.24, 2.45) is 4.99 Å². The van der Waals surface area contributed by atoms with Crippen molar-refractivity contribution >= 4 is 22.3 Å². The number of anilines is 1. The normalized spacial score (nSPS) is 17.2. The smallest absolute Gasteiger partial charge is 0.132 e. The van der Waals surface area contributed by atoms with E-state index in [1.54, 1.807) is 18.5 Å². The molecule has 7 heteroatoms. The third kappa shape index (κ3) is 3.76. The van der Waals surface area contributed by atoms with Crippen LogP contribution in [-0.4, -0.2) is 42.0 Å². The van der Waals surface area contributed by atoms with Gasteiger partial charge in [-0.25, -0.2) is 14.4 Å². The van der Waals surface area contributed by atoms with Gasteiger partial charge in [0.1, 0.15) is 12.1 Å². The second-order valence-electron chi connectivity index (χ2n) is 7.94. The number of allylic oxidation sites excluding steroid dienone is 1. The van der Waals surface area contributed by atoms with Crippen LogP contribution in [0.5, 0.6) is 0 Å². The summed E-state index contributed by atoms with van der Waals surface area (Å²) in [6.07, 6.45) is 4.94. The minimum atomic E-state index is -0.319. The standard InChI is InChI=1S/C25H24FN5O/c1-16(24-17(2)27-7-8-28-24)18-3-6-22(26)21(13-18)25-20-5-4-19(14-23(20)29-15-30-25)31-9-11-32-12-10-31/h3-8,13-16,27H,2,9-12H2,1H3. The summed E-state index contributed by atoms with van der Waals surface area (Å²) in [6.45, 7) is 9.18. The van der Waals surface area contributed by atoms with E-state index in [1.165, 1.54) is 12.4 Å². The summed E-state index contributed by atoms with van der Waals surface area (Å²) < 4.78 is 20.4. The number of hydrogen-bond acceptors (Lipinski definition) is 6. The predicted octanol–water partition coefficient (Wildman–Crippen LogP) is 4.41. The molecular formula is C25H24FN5O. The molecule has 1 atom stereocenters. The van der Waals surface area contributed by atoms with Crippen molar-refractivity contribution in [2.45, 2.75) is 12.8 Å². The average Bonchev–Trinajstić information content (AvgIpc) is 2.84. The highest BCUT2D eigenvalue weighted by molar-refractivity contribution is 6.05. The van der Waals surface area contributed by atoms with E-state index in [0.29, 0.717) is 24.5 Å². The fraction of sp³-hybridized carbons (Fsp3) is 0.240. The minimum Gasteiger partial charge on any atom is -0.378 e. The highest BCUT2D eigenvalue weighted by Crippen LogP contribution is 2.33. The first kappa shape index (κ1) is 20.3. The molecule has 3 aromatic rings. The SMILES string of the molecule is C=C1NC=CN=C1C(C)c1ccc(F)c(-c2ncnc3cc(N4CCOCC4)ccc23)c1. The summed E-state index contributed by atoms with van der Waals surface area (Å²) >= 11 is 0. The number of fused-ring (bicyclic) bond motifs is 1. The molecule has 1 unspecified atom stereocenters. The molecule has 0 amide bonds. The van der Waals surface area contributed by atoms with E-state index in [9.17, 15) is 4.39 Å². The van der Waals surface area contributed by atoms with Gasteiger partial charge in [-0.1, -0.05) is 19.6 Å². The molecule has 32 heavy (non-hydrogen) atoms. The van der Waals surface area contributed by atoms with Gasteiger partial charge < -0.3 is 15.0 Å². The van der Waals surface area contributed by atoms with Crippen molar-refractivity contribution < 1.29 is 9.13 Å². The van der Waals surface area contributed by atoms with Gasteiger partial charge in [0.05, 0.1) is 35.8 Å². The molecule has 0 radical (unpaired) electrons. The quantitative estimate of drug-likeness (QED) is 0.666. The summed E-state index contributed by atoms with van der Waals surface area (Å²) in [6, 6.07) is 11.2. The zero-order chi connectivity index (χ0) is 22.1. The largest absolute Gasteiger partial charge is 0.378 e. The molecule has 0 saturated carbocycles. The minimum absolute atomic E-state index is 0.0553. The van der Waals surface area contributed by atoms with Gasteiger partial charge in [0, 0.05) is 48.0 Å². The summed E-state index contributed by atoms with van der Waals surface area (Å²) in [5, 5.41) is 3.90. The van der Waals surface area contributed by atoms with Crippen LogP contribution in [0.2, 0.25) is 0 Å². The van der Waals surface area contributed by atoms with Gasteiger partial charge in [-0.2, -0.15) is 0 Å². The fourth-order valence-corrected chi connectivity index (χ4v) is 4.21. The summed E-state index contributed by atoms with van der Waals surface area (Å²) in [5.41, 5.74) is 5.42. The Balaban J connectivity index is 1.54. The van der Waals surface area contributed by atoms with E-state index < -0.39 is 0 Å². The van der Waals surface area contributed by atoms with Crippen molar-refractivity contribution in [1.82, 2.24) is 15.3 Å². The number of rotatable bonds is 4. The van der Waals surface area contributed by atoms with Crippen LogP contribution >= 0.6 is 0 Å². The Hall–Kier alpha value is -3.58. The lowest BCUT2D eigenvalue weighted by atomic mass is 9.91. The van der Waals surface area contributed by atoms with Crippen molar-refractivity contribution in [1.29, 1.82) is 0 Å². The molecule has 2 aliphatic heterocycles. The number of aromatic nitrogens is 2. The Labute approximate surface area is 186 Å². The molecule has 1 saturated heterocycles. The maximum atomic E-state index is 15.0. The van der Waals surface area contributed by atoms with Gasteiger partial charge in [-0.15, -0.1) is 0 Å². The maximum absolute atomic E-state index is 15.0. The summed E-state index contributed by atoms with van der Waals surface area (Å²) in [7, 11) is 0. The molecule has 1 aromatic heterocycles. The Morgan fingerprint density at radius 3 is 2.78 bits per heavy atom. The number of nitrogens with one attached hydrogen (secondary N) is 1. The van der Waals surface area contributed by atoms with Crippen LogP contribution in [0.3, 0.4) is 0 Å². The van der Waals surface area contributed by atoms with E-state index in [-0.39, 0.29) is 11.7 Å². The Morgan fingerprint density at radius 2 is 1.97 bits per heavy atom. The fourth-order valence-electron chi connectivity index (χ4n) is 4.21. The van der Waals surface area contributed by atoms with Crippen molar-refractivity contribution in [3.8, 4) is 11.3 Å². The van der Waals surface area contributed by atoms with E-state index in [1.807, 2.05) is 31.2 Å².